The van der Waals surface area contributed by atoms with Gasteiger partial charge in [0.1, 0.15) is 23.2 Å². The molecule has 3 aromatic rings. The number of nitrogens with zero attached hydrogens (tertiary/aromatic N) is 2. The summed E-state index contributed by atoms with van der Waals surface area (Å²) in [4.78, 5) is 23.1. The van der Waals surface area contributed by atoms with Gasteiger partial charge in [-0.1, -0.05) is 49.4 Å². The summed E-state index contributed by atoms with van der Waals surface area (Å²) in [6.45, 7) is 1.95. The monoisotopic (exact) mass is 401 g/mol. The number of carbonyl (C=O) groups excluding carboxylic acids is 1. The number of nitro benzene ring substituents is 1. The molecule has 0 fully saturated rings. The number of furan rings is 1. The Balaban J connectivity index is 1.80. The van der Waals surface area contributed by atoms with Gasteiger partial charge in [0.25, 0.3) is 11.6 Å². The number of amides is 1. The first-order chi connectivity index (χ1) is 14.5. The van der Waals surface area contributed by atoms with Crippen LogP contribution in [0.25, 0.3) is 17.4 Å². The van der Waals surface area contributed by atoms with Crippen molar-refractivity contribution in [3.8, 4) is 17.4 Å². The summed E-state index contributed by atoms with van der Waals surface area (Å²) in [5, 5.41) is 23.3. The minimum absolute atomic E-state index is 0.0513. The molecular formula is C23H19N3O4. The molecule has 7 nitrogen and oxygen atoms in total. The molecule has 0 saturated carbocycles. The highest BCUT2D eigenvalue weighted by molar-refractivity contribution is 6.01. The number of rotatable bonds is 7. The summed E-state index contributed by atoms with van der Waals surface area (Å²) in [7, 11) is 0. The Hall–Kier alpha value is -4.18. The number of hydrogen-bond donors (Lipinski definition) is 1. The van der Waals surface area contributed by atoms with Gasteiger partial charge in [0.15, 0.2) is 0 Å². The molecule has 1 amide bonds. The number of nitrogens with one attached hydrogen (secondary N) is 1. The van der Waals surface area contributed by atoms with Crippen LogP contribution in [0.1, 0.15) is 30.7 Å². The van der Waals surface area contributed by atoms with E-state index in [0.717, 1.165) is 5.56 Å². The van der Waals surface area contributed by atoms with Crippen LogP contribution in [0.15, 0.2) is 76.7 Å². The fraction of sp³-hybridized carbons (Fsp3) is 0.130. The summed E-state index contributed by atoms with van der Waals surface area (Å²) in [5.41, 5.74) is 1.34. The molecule has 150 valence electrons. The second-order valence-electron chi connectivity index (χ2n) is 6.52. The van der Waals surface area contributed by atoms with Crippen LogP contribution >= 0.6 is 0 Å². The lowest BCUT2D eigenvalue weighted by Crippen LogP contribution is -2.29. The van der Waals surface area contributed by atoms with Gasteiger partial charge in [-0.2, -0.15) is 5.26 Å². The third-order valence-electron chi connectivity index (χ3n) is 4.54. The summed E-state index contributed by atoms with van der Waals surface area (Å²) in [6.07, 6.45) is 2.03. The van der Waals surface area contributed by atoms with E-state index in [0.29, 0.717) is 23.5 Å². The Morgan fingerprint density at radius 1 is 1.20 bits per heavy atom. The summed E-state index contributed by atoms with van der Waals surface area (Å²) < 4.78 is 5.67. The van der Waals surface area contributed by atoms with Crippen LogP contribution in [0.5, 0.6) is 0 Å². The van der Waals surface area contributed by atoms with E-state index < -0.39 is 10.8 Å². The zero-order chi connectivity index (χ0) is 21.5. The topological polar surface area (TPSA) is 109 Å². The van der Waals surface area contributed by atoms with Crippen LogP contribution in [0, 0.1) is 21.4 Å². The first-order valence-corrected chi connectivity index (χ1v) is 9.34. The molecule has 7 heteroatoms. The number of carbonyl (C=O) groups is 1. The Labute approximate surface area is 173 Å². The maximum absolute atomic E-state index is 12.6. The fourth-order valence-corrected chi connectivity index (χ4v) is 2.99. The Bertz CT molecular complexity index is 1130. The molecule has 3 rings (SSSR count). The minimum Gasteiger partial charge on any atom is -0.457 e. The van der Waals surface area contributed by atoms with E-state index in [1.807, 2.05) is 43.3 Å². The highest BCUT2D eigenvalue weighted by Crippen LogP contribution is 2.26. The zero-order valence-electron chi connectivity index (χ0n) is 16.2. The number of nitro groups is 1. The molecule has 30 heavy (non-hydrogen) atoms. The Morgan fingerprint density at radius 3 is 2.63 bits per heavy atom. The van der Waals surface area contributed by atoms with Crippen molar-refractivity contribution in [3.05, 3.63) is 93.7 Å². The van der Waals surface area contributed by atoms with E-state index in [1.165, 1.54) is 18.2 Å². The van der Waals surface area contributed by atoms with E-state index in [4.69, 9.17) is 4.42 Å². The van der Waals surface area contributed by atoms with Gasteiger partial charge in [-0.05, 0) is 24.1 Å². The molecule has 1 atom stereocenters. The summed E-state index contributed by atoms with van der Waals surface area (Å²) in [6, 6.07) is 20.5. The van der Waals surface area contributed by atoms with E-state index in [2.05, 4.69) is 5.32 Å². The van der Waals surface area contributed by atoms with E-state index >= 15 is 0 Å². The standard InChI is InChI=1S/C23H19N3O4/c1-2-21(16-7-4-3-5-8-16)25-23(27)18(15-24)14-20-11-12-22(30-20)17-9-6-10-19(13-17)26(28)29/h3-14,21H,2H2,1H3,(H,25,27)/t21-/m0/s1. The van der Waals surface area contributed by atoms with Crippen molar-refractivity contribution in [2.45, 2.75) is 19.4 Å². The van der Waals surface area contributed by atoms with Gasteiger partial charge < -0.3 is 9.73 Å². The van der Waals surface area contributed by atoms with Crippen molar-refractivity contribution in [2.24, 2.45) is 0 Å². The van der Waals surface area contributed by atoms with Crippen molar-refractivity contribution < 1.29 is 14.1 Å². The van der Waals surface area contributed by atoms with E-state index in [9.17, 15) is 20.2 Å². The molecule has 2 aromatic carbocycles. The first-order valence-electron chi connectivity index (χ1n) is 9.34. The summed E-state index contributed by atoms with van der Waals surface area (Å²) in [5.74, 6) is 0.204. The lowest BCUT2D eigenvalue weighted by Gasteiger charge is -2.17. The van der Waals surface area contributed by atoms with Crippen molar-refractivity contribution in [2.75, 3.05) is 0 Å². The third-order valence-corrected chi connectivity index (χ3v) is 4.54. The van der Waals surface area contributed by atoms with Gasteiger partial charge in [-0.3, -0.25) is 14.9 Å². The highest BCUT2D eigenvalue weighted by Gasteiger charge is 2.17. The van der Waals surface area contributed by atoms with Crippen LogP contribution in [0.4, 0.5) is 5.69 Å². The van der Waals surface area contributed by atoms with E-state index in [-0.39, 0.29) is 17.3 Å². The molecule has 0 saturated heterocycles. The number of non-ortho nitro benzene ring substituents is 1. The second kappa shape index (κ2) is 9.34. The second-order valence-corrected chi connectivity index (χ2v) is 6.52. The molecule has 0 bridgehead atoms. The number of nitriles is 1. The average Bonchev–Trinajstić information content (AvgIpc) is 3.25. The van der Waals surface area contributed by atoms with Crippen LogP contribution in [0.3, 0.4) is 0 Å². The lowest BCUT2D eigenvalue weighted by atomic mass is 10.0. The van der Waals surface area contributed by atoms with Gasteiger partial charge in [0, 0.05) is 23.8 Å². The molecule has 1 heterocycles. The predicted molar refractivity (Wildman–Crippen MR) is 112 cm³/mol. The largest absolute Gasteiger partial charge is 0.457 e. The molecule has 0 aliphatic carbocycles. The van der Waals surface area contributed by atoms with Crippen LogP contribution < -0.4 is 5.32 Å². The van der Waals surface area contributed by atoms with Crippen LogP contribution in [-0.2, 0) is 4.79 Å². The van der Waals surface area contributed by atoms with Gasteiger partial charge in [-0.25, -0.2) is 0 Å². The van der Waals surface area contributed by atoms with Crippen molar-refractivity contribution in [3.63, 3.8) is 0 Å². The molecule has 0 aliphatic rings. The van der Waals surface area contributed by atoms with Gasteiger partial charge >= 0.3 is 0 Å². The zero-order valence-corrected chi connectivity index (χ0v) is 16.2. The van der Waals surface area contributed by atoms with Gasteiger partial charge in [0.05, 0.1) is 11.0 Å². The molecule has 0 unspecified atom stereocenters. The molecule has 0 aliphatic heterocycles. The highest BCUT2D eigenvalue weighted by atomic mass is 16.6. The third kappa shape index (κ3) is 4.80. The van der Waals surface area contributed by atoms with Crippen molar-refractivity contribution in [1.29, 1.82) is 5.26 Å². The Kier molecular flexibility index (Phi) is 6.40. The predicted octanol–water partition coefficient (Wildman–Crippen LogP) is 5.03. The fourth-order valence-electron chi connectivity index (χ4n) is 2.99. The molecule has 0 spiro atoms. The minimum atomic E-state index is -0.499. The molecular weight excluding hydrogens is 382 g/mol. The van der Waals surface area contributed by atoms with Crippen LogP contribution in [-0.4, -0.2) is 10.8 Å². The number of benzene rings is 2. The van der Waals surface area contributed by atoms with Gasteiger partial charge in [-0.15, -0.1) is 0 Å². The average molecular weight is 401 g/mol. The lowest BCUT2D eigenvalue weighted by molar-refractivity contribution is -0.384. The summed E-state index contributed by atoms with van der Waals surface area (Å²) >= 11 is 0. The maximum Gasteiger partial charge on any atom is 0.270 e. The molecule has 1 N–H and O–H groups in total. The SMILES string of the molecule is CC[C@H](NC(=O)C(C#N)=Cc1ccc(-c2cccc([N+](=O)[O-])c2)o1)c1ccccc1. The molecule has 1 aromatic heterocycles. The Morgan fingerprint density at radius 2 is 1.97 bits per heavy atom. The normalized spacial score (nSPS) is 12.1. The van der Waals surface area contributed by atoms with E-state index in [1.54, 1.807) is 24.3 Å². The van der Waals surface area contributed by atoms with Crippen molar-refractivity contribution >= 4 is 17.7 Å². The molecule has 0 radical (unpaired) electrons. The smallest absolute Gasteiger partial charge is 0.270 e. The first kappa shape index (κ1) is 20.6. The van der Waals surface area contributed by atoms with Crippen molar-refractivity contribution in [1.82, 2.24) is 5.32 Å². The number of hydrogen-bond acceptors (Lipinski definition) is 5. The van der Waals surface area contributed by atoms with Crippen LogP contribution in [0.2, 0.25) is 0 Å². The van der Waals surface area contributed by atoms with Gasteiger partial charge in [0.2, 0.25) is 0 Å². The quantitative estimate of drug-likeness (QED) is 0.258. The maximum atomic E-state index is 12.6.